The van der Waals surface area contributed by atoms with E-state index in [1.54, 1.807) is 28.7 Å². The first-order chi connectivity index (χ1) is 25.6. The van der Waals surface area contributed by atoms with Crippen LogP contribution < -0.4 is 0 Å². The summed E-state index contributed by atoms with van der Waals surface area (Å²) in [5, 5.41) is 17.2. The number of para-hydroxylation sites is 2. The van der Waals surface area contributed by atoms with Gasteiger partial charge in [0.25, 0.3) is 0 Å². The predicted octanol–water partition coefficient (Wildman–Crippen LogP) is 13.2. The Kier molecular flexibility index (Phi) is 9.83. The first-order valence-corrected chi connectivity index (χ1v) is 18.9. The van der Waals surface area contributed by atoms with Gasteiger partial charge in [-0.2, -0.15) is 4.90 Å². The van der Waals surface area contributed by atoms with Crippen molar-refractivity contribution in [2.75, 3.05) is 0 Å². The van der Waals surface area contributed by atoms with Crippen LogP contribution in [0.25, 0.3) is 85.4 Å². The first-order valence-electron chi connectivity index (χ1n) is 16.9. The molecule has 250 valence electrons. The molecule has 0 amide bonds. The first kappa shape index (κ1) is 34.8. The van der Waals surface area contributed by atoms with Crippen LogP contribution in [0.2, 0.25) is 0 Å². The van der Waals surface area contributed by atoms with Crippen molar-refractivity contribution in [3.05, 3.63) is 170 Å². The monoisotopic (exact) mass is 785 g/mol. The third-order valence-corrected chi connectivity index (χ3v) is 11.7. The Balaban J connectivity index is 0.000000148. The number of phenolic OH excluding ortho intramolecular Hbond substituents is 1. The van der Waals surface area contributed by atoms with Crippen LogP contribution in [0, 0.1) is 0 Å². The summed E-state index contributed by atoms with van der Waals surface area (Å²) >= 11 is 8.88. The van der Waals surface area contributed by atoms with Gasteiger partial charge in [-0.15, -0.1) is 22.7 Å². The Morgan fingerprint density at radius 1 is 0.415 bits per heavy atom. The fourth-order valence-electron chi connectivity index (χ4n) is 6.48. The summed E-state index contributed by atoms with van der Waals surface area (Å²) in [5.41, 5.74) is 8.36. The van der Waals surface area contributed by atoms with Gasteiger partial charge in [0.15, 0.2) is 0 Å². The minimum Gasteiger partial charge on any atom is -0.779 e. The third-order valence-electron chi connectivity index (χ3n) is 9.19. The van der Waals surface area contributed by atoms with Gasteiger partial charge in [-0.05, 0) is 104 Å². The second-order valence-corrected chi connectivity index (χ2v) is 15.0. The molecule has 0 saturated carbocycles. The fourth-order valence-corrected chi connectivity index (χ4v) is 8.75. The standard InChI is InChI=1S/C23H15NOS.C23H15NS2.Zn/c2*25-21-12-11-18(17-10-9-15-5-1-2-6-16(15)13-17)14-19(21)23-24-20-7-3-4-8-22(20)26-23;/h2*1-14,25H;/p-1. The SMILES string of the molecule is Oc1ccc(-c2ccc3ccccc3c2)cc1-c1nc2ccccc2s1.[S-]c1ccc(-c2ccc3ccccc3c2)cc1-c1nc2ccccc2s1.[Zn]. The zero-order valence-corrected chi connectivity index (χ0v) is 33.9. The normalized spacial score (nSPS) is 11.0. The zero-order valence-electron chi connectivity index (χ0n) is 28.4. The molecular weight excluding hydrogens is 758 g/mol. The van der Waals surface area contributed by atoms with Crippen LogP contribution in [0.5, 0.6) is 5.75 Å². The van der Waals surface area contributed by atoms with E-state index >= 15 is 0 Å². The molecule has 10 rings (SSSR count). The van der Waals surface area contributed by atoms with E-state index in [1.165, 1.54) is 37.4 Å². The molecule has 3 nitrogen and oxygen atoms in total. The summed E-state index contributed by atoms with van der Waals surface area (Å²) in [7, 11) is 0. The average molecular weight is 787 g/mol. The topological polar surface area (TPSA) is 46.0 Å². The average Bonchev–Trinajstić information content (AvgIpc) is 3.83. The smallest absolute Gasteiger partial charge is 0.128 e. The van der Waals surface area contributed by atoms with Crippen LogP contribution in [0.4, 0.5) is 0 Å². The molecule has 0 aliphatic rings. The van der Waals surface area contributed by atoms with Crippen molar-refractivity contribution in [1.82, 2.24) is 9.97 Å². The summed E-state index contributed by atoms with van der Waals surface area (Å²) in [4.78, 5) is 10.3. The van der Waals surface area contributed by atoms with E-state index < -0.39 is 0 Å². The van der Waals surface area contributed by atoms with Gasteiger partial charge in [0.05, 0.1) is 26.0 Å². The zero-order chi connectivity index (χ0) is 35.0. The molecule has 0 spiro atoms. The number of aromatic hydroxyl groups is 1. The molecule has 0 aliphatic carbocycles. The van der Waals surface area contributed by atoms with Crippen LogP contribution >= 0.6 is 22.7 Å². The maximum Gasteiger partial charge on any atom is 0.128 e. The van der Waals surface area contributed by atoms with Crippen LogP contribution in [-0.2, 0) is 32.1 Å². The van der Waals surface area contributed by atoms with E-state index in [2.05, 4.69) is 108 Å². The number of aromatic nitrogens is 2. The van der Waals surface area contributed by atoms with Crippen molar-refractivity contribution in [2.45, 2.75) is 4.90 Å². The van der Waals surface area contributed by atoms with E-state index in [0.717, 1.165) is 52.9 Å². The Hall–Kier alpha value is -5.30. The van der Waals surface area contributed by atoms with Gasteiger partial charge in [-0.3, -0.25) is 0 Å². The quantitative estimate of drug-likeness (QED) is 0.143. The molecule has 8 aromatic carbocycles. The second-order valence-electron chi connectivity index (χ2n) is 12.5. The van der Waals surface area contributed by atoms with E-state index in [4.69, 9.17) is 17.6 Å². The minimum atomic E-state index is 0. The van der Waals surface area contributed by atoms with Crippen molar-refractivity contribution in [2.24, 2.45) is 0 Å². The number of nitrogens with zero attached hydrogens (tertiary/aromatic N) is 2. The van der Waals surface area contributed by atoms with Gasteiger partial charge in [-0.25, -0.2) is 9.97 Å². The summed E-state index contributed by atoms with van der Waals surface area (Å²) in [5.74, 6) is 0.258. The molecule has 1 N–H and O–H groups in total. The van der Waals surface area contributed by atoms with Gasteiger partial charge in [0, 0.05) is 19.5 Å². The van der Waals surface area contributed by atoms with Crippen molar-refractivity contribution in [1.29, 1.82) is 0 Å². The summed E-state index contributed by atoms with van der Waals surface area (Å²) in [6.45, 7) is 0. The molecule has 53 heavy (non-hydrogen) atoms. The Morgan fingerprint density at radius 3 is 1.38 bits per heavy atom. The van der Waals surface area contributed by atoms with E-state index in [0.29, 0.717) is 0 Å². The van der Waals surface area contributed by atoms with Gasteiger partial charge in [0.1, 0.15) is 15.8 Å². The molecule has 0 bridgehead atoms. The maximum atomic E-state index is 10.4. The van der Waals surface area contributed by atoms with E-state index in [-0.39, 0.29) is 25.2 Å². The number of hydrogen-bond acceptors (Lipinski definition) is 6. The second kappa shape index (κ2) is 15.0. The molecule has 7 heteroatoms. The van der Waals surface area contributed by atoms with Crippen LogP contribution in [0.15, 0.2) is 175 Å². The summed E-state index contributed by atoms with van der Waals surface area (Å²) in [6.07, 6.45) is 0. The van der Waals surface area contributed by atoms with Gasteiger partial charge in [0.2, 0.25) is 0 Å². The van der Waals surface area contributed by atoms with Crippen LogP contribution in [0.1, 0.15) is 0 Å². The molecule has 0 radical (unpaired) electrons. The van der Waals surface area contributed by atoms with Crippen molar-refractivity contribution < 1.29 is 24.6 Å². The largest absolute Gasteiger partial charge is 0.779 e. The summed E-state index contributed by atoms with van der Waals surface area (Å²) in [6, 6.07) is 58.1. The minimum absolute atomic E-state index is 0. The number of thiazole rings is 2. The molecule has 0 saturated heterocycles. The molecule has 0 fully saturated rings. The molecule has 0 atom stereocenters. The third kappa shape index (κ3) is 7.09. The fraction of sp³-hybridized carbons (Fsp3) is 0. The predicted molar refractivity (Wildman–Crippen MR) is 223 cm³/mol. The molecular formula is C46H29N2OS3Zn-. The van der Waals surface area contributed by atoms with Crippen molar-refractivity contribution >= 4 is 77.3 Å². The number of phenols is 1. The molecule has 0 aliphatic heterocycles. The van der Waals surface area contributed by atoms with Crippen molar-refractivity contribution in [3.63, 3.8) is 0 Å². The van der Waals surface area contributed by atoms with Gasteiger partial charge in [-0.1, -0.05) is 115 Å². The van der Waals surface area contributed by atoms with Crippen LogP contribution in [-0.4, -0.2) is 15.1 Å². The summed E-state index contributed by atoms with van der Waals surface area (Å²) < 4.78 is 2.31. The van der Waals surface area contributed by atoms with E-state index in [1.807, 2.05) is 60.7 Å². The van der Waals surface area contributed by atoms with Crippen molar-refractivity contribution in [3.8, 4) is 49.1 Å². The van der Waals surface area contributed by atoms with Gasteiger partial charge < -0.3 is 17.7 Å². The molecule has 0 unspecified atom stereocenters. The van der Waals surface area contributed by atoms with Gasteiger partial charge >= 0.3 is 0 Å². The molecule has 2 aromatic heterocycles. The van der Waals surface area contributed by atoms with E-state index in [9.17, 15) is 5.11 Å². The maximum absolute atomic E-state index is 10.4. The number of rotatable bonds is 4. The van der Waals surface area contributed by atoms with Crippen LogP contribution in [0.3, 0.4) is 0 Å². The Labute approximate surface area is 333 Å². The number of fused-ring (bicyclic) bond motifs is 4. The number of hydrogen-bond donors (Lipinski definition) is 1. The Morgan fingerprint density at radius 2 is 0.830 bits per heavy atom. The number of benzene rings is 8. The Bertz CT molecular complexity index is 2650. The molecule has 10 aromatic rings. The molecule has 2 heterocycles.